The average molecular weight is 604 g/mol. The van der Waals surface area contributed by atoms with Gasteiger partial charge in [-0.2, -0.15) is 0 Å². The zero-order valence-corrected chi connectivity index (χ0v) is 24.1. The number of hydrogen-bond acceptors (Lipinski definition) is 8. The Labute approximate surface area is 242 Å². The van der Waals surface area contributed by atoms with Crippen LogP contribution < -0.4 is 14.5 Å². The predicted octanol–water partition coefficient (Wildman–Crippen LogP) is 4.29. The molecule has 3 heterocycles. The first-order valence-corrected chi connectivity index (χ1v) is 15.0. The first-order chi connectivity index (χ1) is 19.3. The Morgan fingerprint density at radius 3 is 2.48 bits per heavy atom. The largest absolute Gasteiger partial charge is 0.465 e. The number of aromatic nitrogens is 3. The van der Waals surface area contributed by atoms with Gasteiger partial charge in [-0.15, -0.1) is 10.2 Å². The molecule has 1 aliphatic rings. The number of ether oxygens (including phenoxy) is 1. The van der Waals surface area contributed by atoms with Crippen LogP contribution in [-0.2, 0) is 19.6 Å². The van der Waals surface area contributed by atoms with Crippen LogP contribution in [-0.4, -0.2) is 68.5 Å². The van der Waals surface area contributed by atoms with E-state index >= 15 is 0 Å². The maximum absolute atomic E-state index is 13.7. The summed E-state index contributed by atoms with van der Waals surface area (Å²) in [5, 5.41) is 13.3. The number of nitrogens with zero attached hydrogens (tertiary/aromatic N) is 5. The van der Waals surface area contributed by atoms with Crippen LogP contribution in [0.15, 0.2) is 65.7 Å². The number of sulfonamides is 1. The number of rotatable bonds is 8. The zero-order valence-electron chi connectivity index (χ0n) is 21.8. The summed E-state index contributed by atoms with van der Waals surface area (Å²) in [6.07, 6.45) is 2.89. The molecule has 1 N–H and O–H groups in total. The van der Waals surface area contributed by atoms with Crippen LogP contribution in [0.4, 0.5) is 11.5 Å². The van der Waals surface area contributed by atoms with E-state index in [0.717, 1.165) is 53.6 Å². The monoisotopic (exact) mass is 602 g/mol. The molecule has 0 atom stereocenters. The molecule has 1 fully saturated rings. The van der Waals surface area contributed by atoms with Gasteiger partial charge in [-0.3, -0.25) is 13.7 Å². The second-order valence-electron chi connectivity index (χ2n) is 9.19. The van der Waals surface area contributed by atoms with Crippen molar-refractivity contribution in [1.29, 1.82) is 0 Å². The van der Waals surface area contributed by atoms with E-state index in [0.29, 0.717) is 5.82 Å². The SMILES string of the molecule is CCOC(=O)CN(c1ccc2c(ccn2-c2ccc(N3CCCNCC3)nn2)c1)S(=O)(=O)c1cc(Cl)cc(Cl)c1. The molecule has 1 saturated heterocycles. The molecule has 0 radical (unpaired) electrons. The summed E-state index contributed by atoms with van der Waals surface area (Å²) in [7, 11) is -4.22. The molecule has 40 heavy (non-hydrogen) atoms. The fourth-order valence-corrected chi connectivity index (χ4v) is 6.75. The van der Waals surface area contributed by atoms with E-state index in [1.807, 2.05) is 29.0 Å². The van der Waals surface area contributed by atoms with E-state index in [4.69, 9.17) is 27.9 Å². The fraction of sp³-hybridized carbons (Fsp3) is 0.296. The Hall–Kier alpha value is -3.38. The van der Waals surface area contributed by atoms with E-state index in [2.05, 4.69) is 20.4 Å². The molecule has 2 aromatic heterocycles. The van der Waals surface area contributed by atoms with Gasteiger partial charge in [0.1, 0.15) is 6.54 Å². The molecule has 2 aromatic carbocycles. The fourth-order valence-electron chi connectivity index (χ4n) is 4.62. The van der Waals surface area contributed by atoms with Crippen molar-refractivity contribution in [3.63, 3.8) is 0 Å². The van der Waals surface area contributed by atoms with Crippen molar-refractivity contribution in [2.24, 2.45) is 0 Å². The lowest BCUT2D eigenvalue weighted by Crippen LogP contribution is -2.36. The number of carbonyl (C=O) groups excluding carboxylic acids is 1. The Balaban J connectivity index is 1.48. The van der Waals surface area contributed by atoms with Crippen molar-refractivity contribution >= 4 is 61.6 Å². The van der Waals surface area contributed by atoms with Crippen molar-refractivity contribution < 1.29 is 17.9 Å². The molecule has 13 heteroatoms. The lowest BCUT2D eigenvalue weighted by Gasteiger charge is -2.24. The van der Waals surface area contributed by atoms with Gasteiger partial charge in [-0.05, 0) is 74.5 Å². The number of fused-ring (bicyclic) bond motifs is 1. The molecule has 0 amide bonds. The molecule has 210 valence electrons. The van der Waals surface area contributed by atoms with E-state index in [1.165, 1.54) is 18.2 Å². The quantitative estimate of drug-likeness (QED) is 0.297. The van der Waals surface area contributed by atoms with Gasteiger partial charge in [0.2, 0.25) is 0 Å². The van der Waals surface area contributed by atoms with E-state index in [-0.39, 0.29) is 27.2 Å². The van der Waals surface area contributed by atoms with Crippen LogP contribution in [0.2, 0.25) is 10.0 Å². The van der Waals surface area contributed by atoms with Crippen molar-refractivity contribution in [1.82, 2.24) is 20.1 Å². The van der Waals surface area contributed by atoms with Crippen molar-refractivity contribution in [3.8, 4) is 5.82 Å². The summed E-state index contributed by atoms with van der Waals surface area (Å²) in [6, 6.07) is 14.8. The first kappa shape index (κ1) is 28.2. The normalized spacial score (nSPS) is 14.2. The van der Waals surface area contributed by atoms with E-state index in [9.17, 15) is 13.2 Å². The minimum absolute atomic E-state index is 0.117. The van der Waals surface area contributed by atoms with Gasteiger partial charge >= 0.3 is 5.97 Å². The minimum atomic E-state index is -4.22. The highest BCUT2D eigenvalue weighted by Gasteiger charge is 2.29. The minimum Gasteiger partial charge on any atom is -0.465 e. The van der Waals surface area contributed by atoms with E-state index < -0.39 is 22.5 Å². The molecular weight excluding hydrogens is 575 g/mol. The highest BCUT2D eigenvalue weighted by atomic mass is 35.5. The Kier molecular flexibility index (Phi) is 8.46. The molecule has 0 spiro atoms. The Morgan fingerprint density at radius 1 is 1.00 bits per heavy atom. The lowest BCUT2D eigenvalue weighted by molar-refractivity contribution is -0.141. The van der Waals surface area contributed by atoms with Crippen molar-refractivity contribution in [3.05, 3.63) is 70.8 Å². The molecule has 0 unspecified atom stereocenters. The third kappa shape index (κ3) is 6.02. The summed E-state index contributed by atoms with van der Waals surface area (Å²) < 4.78 is 35.3. The topological polar surface area (TPSA) is 110 Å². The number of halogens is 2. The summed E-state index contributed by atoms with van der Waals surface area (Å²) in [5.41, 5.74) is 1.08. The van der Waals surface area contributed by atoms with Gasteiger partial charge in [-0.25, -0.2) is 8.42 Å². The zero-order chi connectivity index (χ0) is 28.3. The second kappa shape index (κ2) is 12.0. The standard InChI is InChI=1S/C27H28Cl2N6O4S/c1-2-39-27(36)18-35(40(37,38)23-16-20(28)15-21(29)17-23)22-4-5-24-19(14-22)8-12-34(24)26-7-6-25(31-32-26)33-11-3-9-30-10-13-33/h4-8,12,14-17,30H,2-3,9-11,13,18H2,1H3. The third-order valence-corrected chi connectivity index (χ3v) is 8.70. The Morgan fingerprint density at radius 2 is 1.75 bits per heavy atom. The number of benzene rings is 2. The van der Waals surface area contributed by atoms with Crippen molar-refractivity contribution in [2.75, 3.05) is 48.5 Å². The molecule has 0 aliphatic carbocycles. The van der Waals surface area contributed by atoms with Crippen LogP contribution in [0, 0.1) is 0 Å². The summed E-state index contributed by atoms with van der Waals surface area (Å²) in [5.74, 6) is 0.767. The van der Waals surface area contributed by atoms with Gasteiger partial charge in [-0.1, -0.05) is 23.2 Å². The van der Waals surface area contributed by atoms with Gasteiger partial charge in [0, 0.05) is 41.3 Å². The number of carbonyl (C=O) groups is 1. The Bertz CT molecular complexity index is 1600. The highest BCUT2D eigenvalue weighted by Crippen LogP contribution is 2.31. The number of esters is 1. The maximum atomic E-state index is 13.7. The van der Waals surface area contributed by atoms with Crippen molar-refractivity contribution in [2.45, 2.75) is 18.2 Å². The smallest absolute Gasteiger partial charge is 0.326 e. The van der Waals surface area contributed by atoms with Gasteiger partial charge in [0.05, 0.1) is 22.7 Å². The van der Waals surface area contributed by atoms with Gasteiger partial charge < -0.3 is 15.0 Å². The van der Waals surface area contributed by atoms with Gasteiger partial charge in [0.25, 0.3) is 10.0 Å². The van der Waals surface area contributed by atoms with Crippen LogP contribution >= 0.6 is 23.2 Å². The molecule has 0 bridgehead atoms. The first-order valence-electron chi connectivity index (χ1n) is 12.8. The maximum Gasteiger partial charge on any atom is 0.326 e. The second-order valence-corrected chi connectivity index (χ2v) is 11.9. The molecule has 10 nitrogen and oxygen atoms in total. The number of anilines is 2. The van der Waals surface area contributed by atoms with E-state index in [1.54, 1.807) is 25.1 Å². The average Bonchev–Trinajstić information content (AvgIpc) is 3.15. The van der Waals surface area contributed by atoms with Crippen LogP contribution in [0.3, 0.4) is 0 Å². The lowest BCUT2D eigenvalue weighted by atomic mass is 10.2. The predicted molar refractivity (Wildman–Crippen MR) is 156 cm³/mol. The summed E-state index contributed by atoms with van der Waals surface area (Å²) in [4.78, 5) is 14.5. The van der Waals surface area contributed by atoms with Crippen LogP contribution in [0.1, 0.15) is 13.3 Å². The van der Waals surface area contributed by atoms with Crippen LogP contribution in [0.25, 0.3) is 16.7 Å². The number of nitrogens with one attached hydrogen (secondary N) is 1. The molecule has 0 saturated carbocycles. The molecule has 1 aliphatic heterocycles. The number of hydrogen-bond donors (Lipinski definition) is 1. The highest BCUT2D eigenvalue weighted by molar-refractivity contribution is 7.92. The summed E-state index contributed by atoms with van der Waals surface area (Å²) >= 11 is 12.2. The molecular formula is C27H28Cl2N6O4S. The van der Waals surface area contributed by atoms with Crippen LogP contribution in [0.5, 0.6) is 0 Å². The van der Waals surface area contributed by atoms with Gasteiger partial charge in [0.15, 0.2) is 11.6 Å². The molecule has 4 aromatic rings. The molecule has 5 rings (SSSR count). The third-order valence-electron chi connectivity index (χ3n) is 6.51. The summed E-state index contributed by atoms with van der Waals surface area (Å²) in [6.45, 7) is 4.94.